The van der Waals surface area contributed by atoms with E-state index in [2.05, 4.69) is 5.32 Å². The average molecular weight is 244 g/mol. The van der Waals surface area contributed by atoms with E-state index in [1.54, 1.807) is 7.05 Å². The van der Waals surface area contributed by atoms with Crippen LogP contribution in [-0.2, 0) is 9.53 Å². The van der Waals surface area contributed by atoms with Crippen LogP contribution in [0.15, 0.2) is 0 Å². The number of carboxylic acids is 1. The fourth-order valence-corrected chi connectivity index (χ4v) is 1.26. The molecule has 0 radical (unpaired) electrons. The molecule has 0 bridgehead atoms. The summed E-state index contributed by atoms with van der Waals surface area (Å²) in [5, 5.41) is 11.1. The van der Waals surface area contributed by atoms with Gasteiger partial charge in [0.2, 0.25) is 0 Å². The van der Waals surface area contributed by atoms with Crippen LogP contribution in [0.25, 0.3) is 0 Å². The van der Waals surface area contributed by atoms with Crippen LogP contribution in [0.4, 0.5) is 4.79 Å². The van der Waals surface area contributed by atoms with Gasteiger partial charge in [-0.25, -0.2) is 4.79 Å². The van der Waals surface area contributed by atoms with E-state index in [0.29, 0.717) is 13.2 Å². The largest absolute Gasteiger partial charge is 0.481 e. The van der Waals surface area contributed by atoms with E-state index in [-0.39, 0.29) is 19.0 Å². The molecule has 0 heterocycles. The topological polar surface area (TPSA) is 78.9 Å². The predicted octanol–water partition coefficient (Wildman–Crippen LogP) is 0.529. The second-order valence-electron chi connectivity index (χ2n) is 4.32. The SMILES string of the molecule is CN(CCC(=O)O)C(=O)NCCOCC1CC1. The quantitative estimate of drug-likeness (QED) is 0.610. The van der Waals surface area contributed by atoms with Crippen molar-refractivity contribution in [1.82, 2.24) is 10.2 Å². The minimum Gasteiger partial charge on any atom is -0.481 e. The summed E-state index contributed by atoms with van der Waals surface area (Å²) in [4.78, 5) is 23.1. The van der Waals surface area contributed by atoms with E-state index >= 15 is 0 Å². The zero-order valence-corrected chi connectivity index (χ0v) is 10.1. The zero-order chi connectivity index (χ0) is 12.7. The maximum Gasteiger partial charge on any atom is 0.317 e. The Hall–Kier alpha value is -1.30. The lowest BCUT2D eigenvalue weighted by Crippen LogP contribution is -2.39. The molecule has 1 aliphatic carbocycles. The van der Waals surface area contributed by atoms with E-state index in [1.807, 2.05) is 0 Å². The highest BCUT2D eigenvalue weighted by atomic mass is 16.5. The van der Waals surface area contributed by atoms with Crippen molar-refractivity contribution in [2.24, 2.45) is 5.92 Å². The van der Waals surface area contributed by atoms with Gasteiger partial charge in [0.25, 0.3) is 0 Å². The summed E-state index contributed by atoms with van der Waals surface area (Å²) in [6, 6.07) is -0.263. The molecule has 0 spiro atoms. The highest BCUT2D eigenvalue weighted by Gasteiger charge is 2.20. The third-order valence-corrected chi connectivity index (χ3v) is 2.58. The minimum absolute atomic E-state index is 0.0396. The van der Waals surface area contributed by atoms with Crippen molar-refractivity contribution in [1.29, 1.82) is 0 Å². The van der Waals surface area contributed by atoms with Crippen molar-refractivity contribution in [3.05, 3.63) is 0 Å². The number of rotatable bonds is 8. The van der Waals surface area contributed by atoms with Gasteiger partial charge in [-0.1, -0.05) is 0 Å². The van der Waals surface area contributed by atoms with Crippen LogP contribution in [0, 0.1) is 5.92 Å². The molecule has 1 fully saturated rings. The van der Waals surface area contributed by atoms with Gasteiger partial charge < -0.3 is 20.1 Å². The maximum absolute atomic E-state index is 11.4. The molecular weight excluding hydrogens is 224 g/mol. The van der Waals surface area contributed by atoms with E-state index in [9.17, 15) is 9.59 Å². The molecule has 1 saturated carbocycles. The van der Waals surface area contributed by atoms with Crippen LogP contribution < -0.4 is 5.32 Å². The smallest absolute Gasteiger partial charge is 0.317 e. The average Bonchev–Trinajstić information content (AvgIpc) is 3.09. The van der Waals surface area contributed by atoms with Gasteiger partial charge in [0, 0.05) is 26.7 Å². The Morgan fingerprint density at radius 1 is 1.47 bits per heavy atom. The fourth-order valence-electron chi connectivity index (χ4n) is 1.26. The van der Waals surface area contributed by atoms with E-state index in [4.69, 9.17) is 9.84 Å². The minimum atomic E-state index is -0.905. The second kappa shape index (κ2) is 7.11. The number of amides is 2. The summed E-state index contributed by atoms with van der Waals surface area (Å²) in [5.74, 6) is -0.179. The van der Waals surface area contributed by atoms with Crippen LogP contribution in [0.5, 0.6) is 0 Å². The van der Waals surface area contributed by atoms with Gasteiger partial charge in [0.05, 0.1) is 13.0 Å². The third-order valence-electron chi connectivity index (χ3n) is 2.58. The molecule has 2 N–H and O–H groups in total. The molecule has 6 heteroatoms. The molecule has 2 amide bonds. The lowest BCUT2D eigenvalue weighted by Gasteiger charge is -2.16. The number of hydrogen-bond acceptors (Lipinski definition) is 3. The number of carbonyl (C=O) groups is 2. The normalized spacial score (nSPS) is 14.4. The molecule has 0 unspecified atom stereocenters. The van der Waals surface area contributed by atoms with Crippen molar-refractivity contribution >= 4 is 12.0 Å². The monoisotopic (exact) mass is 244 g/mol. The molecule has 98 valence electrons. The van der Waals surface area contributed by atoms with Gasteiger partial charge >= 0.3 is 12.0 Å². The number of aliphatic carboxylic acids is 1. The first-order valence-electron chi connectivity index (χ1n) is 5.88. The number of carbonyl (C=O) groups excluding carboxylic acids is 1. The summed E-state index contributed by atoms with van der Waals surface area (Å²) >= 11 is 0. The van der Waals surface area contributed by atoms with Gasteiger partial charge in [-0.3, -0.25) is 4.79 Å². The highest BCUT2D eigenvalue weighted by molar-refractivity contribution is 5.74. The molecule has 0 aromatic heterocycles. The van der Waals surface area contributed by atoms with Crippen molar-refractivity contribution < 1.29 is 19.4 Å². The summed E-state index contributed by atoms with van der Waals surface area (Å²) in [6.45, 7) is 1.97. The van der Waals surface area contributed by atoms with Crippen LogP contribution in [0.1, 0.15) is 19.3 Å². The summed E-state index contributed by atoms with van der Waals surface area (Å²) in [5.41, 5.74) is 0. The Kier molecular flexibility index (Phi) is 5.76. The summed E-state index contributed by atoms with van der Waals surface area (Å²) in [6.07, 6.45) is 2.47. The Morgan fingerprint density at radius 2 is 2.18 bits per heavy atom. The molecule has 1 aliphatic rings. The summed E-state index contributed by atoms with van der Waals surface area (Å²) < 4.78 is 5.36. The summed E-state index contributed by atoms with van der Waals surface area (Å²) in [7, 11) is 1.57. The standard InChI is InChI=1S/C11H20N2O4/c1-13(6-4-10(14)15)11(16)12-5-7-17-8-9-2-3-9/h9H,2-8H2,1H3,(H,12,16)(H,14,15). The first-order valence-corrected chi connectivity index (χ1v) is 5.88. The van der Waals surface area contributed by atoms with Crippen LogP contribution in [0.3, 0.4) is 0 Å². The molecule has 17 heavy (non-hydrogen) atoms. The third kappa shape index (κ3) is 6.78. The van der Waals surface area contributed by atoms with Crippen molar-refractivity contribution in [3.63, 3.8) is 0 Å². The second-order valence-corrected chi connectivity index (χ2v) is 4.32. The van der Waals surface area contributed by atoms with Crippen molar-refractivity contribution in [3.8, 4) is 0 Å². The Bertz CT molecular complexity index is 266. The number of nitrogens with zero attached hydrogens (tertiary/aromatic N) is 1. The van der Waals surface area contributed by atoms with Crippen LogP contribution in [-0.4, -0.2) is 55.4 Å². The van der Waals surface area contributed by atoms with Gasteiger partial charge in [-0.2, -0.15) is 0 Å². The molecule has 1 rings (SSSR count). The lowest BCUT2D eigenvalue weighted by atomic mass is 10.4. The molecule has 0 aliphatic heterocycles. The van der Waals surface area contributed by atoms with Crippen molar-refractivity contribution in [2.45, 2.75) is 19.3 Å². The van der Waals surface area contributed by atoms with Gasteiger partial charge in [-0.15, -0.1) is 0 Å². The van der Waals surface area contributed by atoms with Crippen LogP contribution >= 0.6 is 0 Å². The number of carboxylic acid groups (broad SMARTS) is 1. The molecule has 0 atom stereocenters. The Balaban J connectivity index is 1.96. The Morgan fingerprint density at radius 3 is 2.76 bits per heavy atom. The van der Waals surface area contributed by atoms with Gasteiger partial charge in [0.15, 0.2) is 0 Å². The maximum atomic E-state index is 11.4. The highest BCUT2D eigenvalue weighted by Crippen LogP contribution is 2.28. The number of urea groups is 1. The number of hydrogen-bond donors (Lipinski definition) is 2. The van der Waals surface area contributed by atoms with E-state index in [0.717, 1.165) is 12.5 Å². The molecule has 0 aromatic carbocycles. The van der Waals surface area contributed by atoms with Gasteiger partial charge in [0.1, 0.15) is 0 Å². The zero-order valence-electron chi connectivity index (χ0n) is 10.1. The lowest BCUT2D eigenvalue weighted by molar-refractivity contribution is -0.137. The number of ether oxygens (including phenoxy) is 1. The Labute approximate surface area is 101 Å². The van der Waals surface area contributed by atoms with Crippen LogP contribution in [0.2, 0.25) is 0 Å². The van der Waals surface area contributed by atoms with E-state index < -0.39 is 5.97 Å². The predicted molar refractivity (Wildman–Crippen MR) is 61.8 cm³/mol. The molecule has 6 nitrogen and oxygen atoms in total. The molecule has 0 aromatic rings. The number of nitrogens with one attached hydrogen (secondary N) is 1. The van der Waals surface area contributed by atoms with E-state index in [1.165, 1.54) is 17.7 Å². The molecule has 0 saturated heterocycles. The fraction of sp³-hybridized carbons (Fsp3) is 0.818. The van der Waals surface area contributed by atoms with Gasteiger partial charge in [-0.05, 0) is 18.8 Å². The molecular formula is C11H20N2O4. The van der Waals surface area contributed by atoms with Crippen molar-refractivity contribution in [2.75, 3.05) is 33.4 Å². The first kappa shape index (κ1) is 13.8. The first-order chi connectivity index (χ1) is 8.09.